The molecule has 0 N–H and O–H groups in total. The zero-order valence-corrected chi connectivity index (χ0v) is 16.9. The summed E-state index contributed by atoms with van der Waals surface area (Å²) in [6, 6.07) is 14.4. The van der Waals surface area contributed by atoms with Crippen LogP contribution in [-0.4, -0.2) is 63.0 Å². The number of hydrogen-bond donors (Lipinski definition) is 0. The Bertz CT molecular complexity index is 972. The van der Waals surface area contributed by atoms with Gasteiger partial charge in [0, 0.05) is 37.3 Å². The van der Waals surface area contributed by atoms with Crippen molar-refractivity contribution in [1.82, 2.24) is 9.21 Å². The van der Waals surface area contributed by atoms with Gasteiger partial charge in [-0.25, -0.2) is 8.42 Å². The highest BCUT2D eigenvalue weighted by atomic mass is 32.2. The molecule has 0 unspecified atom stereocenters. The first-order valence-electron chi connectivity index (χ1n) is 9.67. The van der Waals surface area contributed by atoms with E-state index in [1.165, 1.54) is 4.31 Å². The molecule has 29 heavy (non-hydrogen) atoms. The van der Waals surface area contributed by atoms with Gasteiger partial charge < -0.3 is 14.4 Å². The number of ether oxygens (including phenoxy) is 2. The molecule has 2 heterocycles. The van der Waals surface area contributed by atoms with E-state index in [0.717, 1.165) is 5.56 Å². The van der Waals surface area contributed by atoms with E-state index in [0.29, 0.717) is 43.2 Å². The largest absolute Gasteiger partial charge is 0.492 e. The Morgan fingerprint density at radius 2 is 1.72 bits per heavy atom. The van der Waals surface area contributed by atoms with Crippen molar-refractivity contribution in [3.8, 4) is 5.75 Å². The Kier molecular flexibility index (Phi) is 5.84. The van der Waals surface area contributed by atoms with Crippen molar-refractivity contribution < 1.29 is 22.7 Å². The van der Waals surface area contributed by atoms with Crippen molar-refractivity contribution >= 4 is 15.9 Å². The third kappa shape index (κ3) is 4.60. The summed E-state index contributed by atoms with van der Waals surface area (Å²) in [7, 11) is -3.51. The Labute approximate surface area is 170 Å². The summed E-state index contributed by atoms with van der Waals surface area (Å²) in [6.45, 7) is 2.92. The molecule has 0 aromatic heterocycles. The average Bonchev–Trinajstić information content (AvgIpc) is 2.97. The maximum Gasteiger partial charge on any atom is 0.254 e. The van der Waals surface area contributed by atoms with E-state index < -0.39 is 10.0 Å². The second kappa shape index (κ2) is 8.52. The Morgan fingerprint density at radius 1 is 0.966 bits per heavy atom. The lowest BCUT2D eigenvalue weighted by atomic mass is 10.1. The molecule has 2 aliphatic heterocycles. The predicted octanol–water partition coefficient (Wildman–Crippen LogP) is 1.88. The molecule has 0 saturated carbocycles. The molecule has 1 saturated heterocycles. The van der Waals surface area contributed by atoms with Crippen molar-refractivity contribution in [2.45, 2.75) is 12.3 Å². The van der Waals surface area contributed by atoms with Crippen LogP contribution in [0.5, 0.6) is 5.75 Å². The molecule has 1 fully saturated rings. The molecule has 2 aromatic carbocycles. The van der Waals surface area contributed by atoms with Gasteiger partial charge in [0.25, 0.3) is 5.91 Å². The normalized spacial score (nSPS) is 17.9. The van der Waals surface area contributed by atoms with Crippen LogP contribution in [0.1, 0.15) is 21.5 Å². The summed E-state index contributed by atoms with van der Waals surface area (Å²) in [4.78, 5) is 14.5. The van der Waals surface area contributed by atoms with Gasteiger partial charge in [-0.05, 0) is 23.8 Å². The summed E-state index contributed by atoms with van der Waals surface area (Å²) in [5, 5.41) is 0. The Balaban J connectivity index is 1.55. The third-order valence-electron chi connectivity index (χ3n) is 5.14. The van der Waals surface area contributed by atoms with E-state index in [9.17, 15) is 13.2 Å². The molecule has 0 aliphatic carbocycles. The van der Waals surface area contributed by atoms with E-state index in [-0.39, 0.29) is 31.4 Å². The number of morpholine rings is 1. The van der Waals surface area contributed by atoms with Gasteiger partial charge >= 0.3 is 0 Å². The molecule has 4 rings (SSSR count). The minimum Gasteiger partial charge on any atom is -0.492 e. The second-order valence-corrected chi connectivity index (χ2v) is 9.12. The number of fused-ring (bicyclic) bond motifs is 1. The number of benzene rings is 2. The van der Waals surface area contributed by atoms with Crippen molar-refractivity contribution in [1.29, 1.82) is 0 Å². The van der Waals surface area contributed by atoms with Crippen molar-refractivity contribution in [2.24, 2.45) is 0 Å². The molecular formula is C21H24N2O5S. The Hall–Kier alpha value is -2.42. The topological polar surface area (TPSA) is 76.2 Å². The highest BCUT2D eigenvalue weighted by Gasteiger charge is 2.27. The highest BCUT2D eigenvalue weighted by Crippen LogP contribution is 2.27. The van der Waals surface area contributed by atoms with Crippen LogP contribution >= 0.6 is 0 Å². The van der Waals surface area contributed by atoms with Gasteiger partial charge in [0.2, 0.25) is 10.0 Å². The van der Waals surface area contributed by atoms with Crippen molar-refractivity contribution in [2.75, 3.05) is 39.5 Å². The van der Waals surface area contributed by atoms with Crippen LogP contribution in [0, 0.1) is 0 Å². The number of carbonyl (C=O) groups is 1. The first kappa shape index (κ1) is 19.9. The lowest BCUT2D eigenvalue weighted by Gasteiger charge is -2.27. The molecule has 1 amide bonds. The summed E-state index contributed by atoms with van der Waals surface area (Å²) < 4.78 is 38.4. The molecule has 154 valence electrons. The first-order valence-corrected chi connectivity index (χ1v) is 11.3. The molecule has 0 bridgehead atoms. The molecular weight excluding hydrogens is 392 g/mol. The second-order valence-electron chi connectivity index (χ2n) is 7.15. The molecule has 2 aromatic rings. The average molecular weight is 416 g/mol. The van der Waals surface area contributed by atoms with E-state index in [4.69, 9.17) is 9.47 Å². The maximum atomic E-state index is 13.0. The van der Waals surface area contributed by atoms with Gasteiger partial charge in [0.05, 0.1) is 19.0 Å². The monoisotopic (exact) mass is 416 g/mol. The van der Waals surface area contributed by atoms with Gasteiger partial charge in [-0.2, -0.15) is 4.31 Å². The predicted molar refractivity (Wildman–Crippen MR) is 108 cm³/mol. The lowest BCUT2D eigenvalue weighted by Crippen LogP contribution is -2.40. The molecule has 8 heteroatoms. The number of nitrogens with zero attached hydrogens (tertiary/aromatic N) is 2. The number of sulfonamides is 1. The number of amides is 1. The van der Waals surface area contributed by atoms with Crippen molar-refractivity contribution in [3.05, 3.63) is 65.2 Å². The van der Waals surface area contributed by atoms with E-state index >= 15 is 0 Å². The molecule has 0 radical (unpaired) electrons. The van der Waals surface area contributed by atoms with Gasteiger partial charge in [-0.1, -0.05) is 30.3 Å². The number of carbonyl (C=O) groups excluding carboxylic acids is 1. The number of hydrogen-bond acceptors (Lipinski definition) is 5. The van der Waals surface area contributed by atoms with Crippen LogP contribution in [0.4, 0.5) is 0 Å². The fourth-order valence-electron chi connectivity index (χ4n) is 3.57. The van der Waals surface area contributed by atoms with Gasteiger partial charge in [-0.15, -0.1) is 0 Å². The standard InChI is InChI=1S/C21H24N2O5S/c24-21(22-8-11-27-12-9-22)18-6-7-20-19(14-18)15-23(10-13-28-20)29(25,26)16-17-4-2-1-3-5-17/h1-7,14H,8-13,15-16H2. The van der Waals surface area contributed by atoms with Crippen LogP contribution < -0.4 is 4.74 Å². The Morgan fingerprint density at radius 3 is 2.48 bits per heavy atom. The summed E-state index contributed by atoms with van der Waals surface area (Å²) >= 11 is 0. The quantitative estimate of drug-likeness (QED) is 0.761. The van der Waals surface area contributed by atoms with Crippen LogP contribution in [0.3, 0.4) is 0 Å². The molecule has 0 spiro atoms. The SMILES string of the molecule is O=C(c1ccc2c(c1)CN(S(=O)(=O)Cc1ccccc1)CCO2)N1CCOCC1. The third-order valence-corrected chi connectivity index (χ3v) is 6.93. The molecule has 2 aliphatic rings. The summed E-state index contributed by atoms with van der Waals surface area (Å²) in [6.07, 6.45) is 0. The van der Waals surface area contributed by atoms with Crippen LogP contribution in [0.25, 0.3) is 0 Å². The minimum absolute atomic E-state index is 0.0599. The fourth-order valence-corrected chi connectivity index (χ4v) is 5.05. The van der Waals surface area contributed by atoms with Crippen molar-refractivity contribution in [3.63, 3.8) is 0 Å². The van der Waals surface area contributed by atoms with Gasteiger partial charge in [0.1, 0.15) is 12.4 Å². The number of rotatable bonds is 4. The highest BCUT2D eigenvalue weighted by molar-refractivity contribution is 7.88. The minimum atomic E-state index is -3.51. The van der Waals surface area contributed by atoms with Crippen LogP contribution in [-0.2, 0) is 27.1 Å². The summed E-state index contributed by atoms with van der Waals surface area (Å²) in [5.74, 6) is 0.496. The van der Waals surface area contributed by atoms with Crippen LogP contribution in [0.15, 0.2) is 48.5 Å². The summed E-state index contributed by atoms with van der Waals surface area (Å²) in [5.41, 5.74) is 1.99. The lowest BCUT2D eigenvalue weighted by molar-refractivity contribution is 0.0303. The first-order chi connectivity index (χ1) is 14.0. The van der Waals surface area contributed by atoms with E-state index in [1.807, 2.05) is 18.2 Å². The van der Waals surface area contributed by atoms with Gasteiger partial charge in [-0.3, -0.25) is 4.79 Å². The maximum absolute atomic E-state index is 13.0. The zero-order chi connectivity index (χ0) is 20.3. The van der Waals surface area contributed by atoms with Gasteiger partial charge in [0.15, 0.2) is 0 Å². The fraction of sp³-hybridized carbons (Fsp3) is 0.381. The molecule has 0 atom stereocenters. The van der Waals surface area contributed by atoms with Crippen LogP contribution in [0.2, 0.25) is 0 Å². The van der Waals surface area contributed by atoms with E-state index in [1.54, 1.807) is 35.2 Å². The zero-order valence-electron chi connectivity index (χ0n) is 16.1. The van der Waals surface area contributed by atoms with E-state index in [2.05, 4.69) is 0 Å². The smallest absolute Gasteiger partial charge is 0.254 e. The molecule has 7 nitrogen and oxygen atoms in total.